The normalized spacial score (nSPS) is 19.2. The molecule has 2 N–H and O–H groups in total. The third kappa shape index (κ3) is 4.41. The number of fused-ring (bicyclic) bond motifs is 1. The van der Waals surface area contributed by atoms with Crippen molar-refractivity contribution in [1.29, 1.82) is 0 Å². The highest BCUT2D eigenvalue weighted by Gasteiger charge is 2.42. The van der Waals surface area contributed by atoms with Gasteiger partial charge in [0, 0.05) is 68.4 Å². The average molecular weight is 527 g/mol. The van der Waals surface area contributed by atoms with Gasteiger partial charge in [0.15, 0.2) is 5.78 Å². The fourth-order valence-corrected chi connectivity index (χ4v) is 5.96. The van der Waals surface area contributed by atoms with Gasteiger partial charge in [-0.1, -0.05) is 30.3 Å². The van der Waals surface area contributed by atoms with Crippen LogP contribution in [0.15, 0.2) is 89.5 Å². The second-order valence-corrected chi connectivity index (χ2v) is 10.1. The molecule has 39 heavy (non-hydrogen) atoms. The minimum atomic E-state index is -0.553. The Morgan fingerprint density at radius 3 is 2.72 bits per heavy atom. The molecule has 8 nitrogen and oxygen atoms in total. The van der Waals surface area contributed by atoms with E-state index >= 15 is 0 Å². The second kappa shape index (κ2) is 9.94. The van der Waals surface area contributed by atoms with Gasteiger partial charge in [-0.15, -0.1) is 0 Å². The number of methoxy groups -OCH3 is 1. The van der Waals surface area contributed by atoms with Gasteiger partial charge in [0.1, 0.15) is 12.4 Å². The number of rotatable bonds is 6. The Balaban J connectivity index is 0.00000194. The minimum Gasteiger partial charge on any atom is -0.496 e. The van der Waals surface area contributed by atoms with Crippen molar-refractivity contribution in [2.45, 2.75) is 38.2 Å². The number of H-pyrrole nitrogens is 1. The lowest BCUT2D eigenvalue weighted by molar-refractivity contribution is -0.140. The van der Waals surface area contributed by atoms with Gasteiger partial charge in [0.25, 0.3) is 0 Å². The number of Topliss-reactive ketones (excluding diaryl/α,β-unsaturated/α-hetero) is 1. The summed E-state index contributed by atoms with van der Waals surface area (Å²) >= 11 is 0. The summed E-state index contributed by atoms with van der Waals surface area (Å²) in [6, 6.07) is 17.6. The summed E-state index contributed by atoms with van der Waals surface area (Å²) in [6.45, 7) is 1.93. The summed E-state index contributed by atoms with van der Waals surface area (Å²) in [5, 5.41) is 8.72. The van der Waals surface area contributed by atoms with Gasteiger partial charge in [-0.05, 0) is 48.7 Å². The summed E-state index contributed by atoms with van der Waals surface area (Å²) in [6.07, 6.45) is 4.65. The number of aryl methyl sites for hydroxylation is 1. The number of nitrogens with zero attached hydrogens (tertiary/aromatic N) is 2. The maximum absolute atomic E-state index is 14.0. The predicted molar refractivity (Wildman–Crippen MR) is 151 cm³/mol. The van der Waals surface area contributed by atoms with Crippen molar-refractivity contribution in [2.75, 3.05) is 7.11 Å². The first-order valence-corrected chi connectivity index (χ1v) is 13.0. The number of aromatic amines is 1. The van der Waals surface area contributed by atoms with Gasteiger partial charge < -0.3 is 19.8 Å². The van der Waals surface area contributed by atoms with Crippen LogP contribution in [0.25, 0.3) is 10.9 Å². The number of esters is 1. The van der Waals surface area contributed by atoms with E-state index < -0.39 is 11.9 Å². The molecule has 6 rings (SSSR count). The molecule has 0 fully saturated rings. The van der Waals surface area contributed by atoms with Crippen molar-refractivity contribution in [3.63, 3.8) is 0 Å². The Morgan fingerprint density at radius 1 is 1.10 bits per heavy atom. The molecular weight excluding hydrogens is 492 g/mol. The molecule has 1 aliphatic carbocycles. The fourth-order valence-electron chi connectivity index (χ4n) is 5.96. The van der Waals surface area contributed by atoms with E-state index in [1.807, 2.05) is 74.8 Å². The van der Waals surface area contributed by atoms with Crippen LogP contribution in [0.4, 0.5) is 0 Å². The molecule has 0 unspecified atom stereocenters. The molecular formula is C31H34N4O4. The number of ether oxygens (including phenoxy) is 2. The van der Waals surface area contributed by atoms with Crippen molar-refractivity contribution in [2.24, 2.45) is 7.05 Å². The first-order chi connectivity index (χ1) is 18.9. The molecule has 3 heterocycles. The average Bonchev–Trinajstić information content (AvgIpc) is 3.59. The van der Waals surface area contributed by atoms with E-state index in [0.717, 1.165) is 33.5 Å². The Morgan fingerprint density at radius 2 is 1.92 bits per heavy atom. The zero-order chi connectivity index (χ0) is 27.1. The lowest BCUT2D eigenvalue weighted by atomic mass is 9.71. The molecule has 2 aliphatic rings. The number of benzene rings is 2. The predicted octanol–water partition coefficient (Wildman–Crippen LogP) is 5.51. The van der Waals surface area contributed by atoms with Crippen LogP contribution >= 0.6 is 0 Å². The molecule has 0 radical (unpaired) electrons. The Bertz CT molecular complexity index is 1670. The highest BCUT2D eigenvalue weighted by molar-refractivity contribution is 6.05. The smallest absolute Gasteiger partial charge is 0.337 e. The van der Waals surface area contributed by atoms with Crippen molar-refractivity contribution < 1.29 is 21.9 Å². The summed E-state index contributed by atoms with van der Waals surface area (Å²) < 4.78 is 13.0. The number of hydrogen-bond donors (Lipinski definition) is 2. The molecule has 2 aromatic carbocycles. The first-order valence-electron chi connectivity index (χ1n) is 13.0. The lowest BCUT2D eigenvalue weighted by Gasteiger charge is -2.37. The van der Waals surface area contributed by atoms with Crippen LogP contribution in [0.2, 0.25) is 0 Å². The van der Waals surface area contributed by atoms with E-state index in [-0.39, 0.29) is 21.2 Å². The van der Waals surface area contributed by atoms with E-state index in [1.54, 1.807) is 18.0 Å². The summed E-state index contributed by atoms with van der Waals surface area (Å²) in [5.41, 5.74) is 6.12. The molecule has 0 bridgehead atoms. The molecule has 2 aromatic heterocycles. The highest BCUT2D eigenvalue weighted by atomic mass is 16.5. The van der Waals surface area contributed by atoms with Gasteiger partial charge in [0.2, 0.25) is 0 Å². The number of dihydropyridines is 1. The first kappa shape index (κ1) is 24.7. The molecule has 0 saturated heterocycles. The van der Waals surface area contributed by atoms with E-state index in [2.05, 4.69) is 15.4 Å². The molecule has 202 valence electrons. The number of aromatic nitrogens is 3. The maximum Gasteiger partial charge on any atom is 0.337 e. The summed E-state index contributed by atoms with van der Waals surface area (Å²) in [7, 11) is 3.47. The van der Waals surface area contributed by atoms with Crippen molar-refractivity contribution in [3.05, 3.63) is 106 Å². The van der Waals surface area contributed by atoms with Crippen LogP contribution in [-0.4, -0.2) is 33.6 Å². The number of hydrogen-bond acceptors (Lipinski definition) is 6. The summed E-state index contributed by atoms with van der Waals surface area (Å²) in [4.78, 5) is 30.9. The van der Waals surface area contributed by atoms with Crippen molar-refractivity contribution in [3.8, 4) is 5.75 Å². The largest absolute Gasteiger partial charge is 0.496 e. The van der Waals surface area contributed by atoms with Crippen LogP contribution in [0.1, 0.15) is 51.3 Å². The van der Waals surface area contributed by atoms with Gasteiger partial charge in [0.05, 0.1) is 18.4 Å². The molecule has 4 aromatic rings. The zero-order valence-corrected chi connectivity index (χ0v) is 22.2. The standard InChI is InChI=1S/C31H30N4O4.2H2/c1-18-28(31(37)39-17-20-12-14-35(2)34-20)29(23-8-6-9-24-22(23)11-13-32-24)30-25(33-18)15-19(16-26(30)36)21-7-4-5-10-27(21)38-3;;/h4-14,19,29,32-33H,15-17H2,1-3H3;2*1H/t19-,29-;;/m1../s1. The minimum absolute atomic E-state index is 0. The van der Waals surface area contributed by atoms with Crippen molar-refractivity contribution >= 4 is 22.7 Å². The van der Waals surface area contributed by atoms with E-state index in [4.69, 9.17) is 9.47 Å². The van der Waals surface area contributed by atoms with Crippen LogP contribution in [0.5, 0.6) is 5.75 Å². The lowest BCUT2D eigenvalue weighted by Crippen LogP contribution is -2.36. The number of carbonyl (C=O) groups excluding carboxylic acids is 2. The van der Waals surface area contributed by atoms with E-state index in [9.17, 15) is 9.59 Å². The Labute approximate surface area is 229 Å². The number of ketones is 1. The zero-order valence-electron chi connectivity index (χ0n) is 22.2. The molecule has 0 amide bonds. The third-order valence-electron chi connectivity index (χ3n) is 7.69. The molecule has 0 spiro atoms. The number of para-hydroxylation sites is 1. The fraction of sp³-hybridized carbons (Fsp3) is 0.258. The second-order valence-electron chi connectivity index (χ2n) is 10.1. The van der Waals surface area contributed by atoms with Gasteiger partial charge in [-0.3, -0.25) is 9.48 Å². The number of nitrogens with one attached hydrogen (secondary N) is 2. The van der Waals surface area contributed by atoms with Gasteiger partial charge >= 0.3 is 5.97 Å². The topological polar surface area (TPSA) is 98.2 Å². The van der Waals surface area contributed by atoms with Gasteiger partial charge in [-0.25, -0.2) is 4.79 Å². The van der Waals surface area contributed by atoms with Crippen molar-refractivity contribution in [1.82, 2.24) is 20.1 Å². The highest BCUT2D eigenvalue weighted by Crippen LogP contribution is 2.48. The molecule has 0 saturated carbocycles. The van der Waals surface area contributed by atoms with E-state index in [1.165, 1.54) is 0 Å². The SMILES string of the molecule is COc1ccccc1[C@H]1CC(=O)C2=C(C1)NC(C)=C(C(=O)OCc1ccn(C)n1)[C@H]2c1cccc2[nH]ccc12.[HH].[HH]. The van der Waals surface area contributed by atoms with E-state index in [0.29, 0.717) is 35.4 Å². The van der Waals surface area contributed by atoms with Gasteiger partial charge in [-0.2, -0.15) is 5.10 Å². The third-order valence-corrected chi connectivity index (χ3v) is 7.69. The number of allylic oxidation sites excluding steroid dienone is 3. The monoisotopic (exact) mass is 526 g/mol. The van der Waals surface area contributed by atoms with Crippen LogP contribution in [-0.2, 0) is 28.0 Å². The molecule has 1 aliphatic heterocycles. The number of carbonyl (C=O) groups is 2. The Hall–Kier alpha value is -4.59. The molecule has 2 atom stereocenters. The maximum atomic E-state index is 14.0. The Kier molecular flexibility index (Phi) is 6.30. The molecule has 8 heteroatoms. The summed E-state index contributed by atoms with van der Waals surface area (Å²) in [5.74, 6) is -0.263. The quantitative estimate of drug-likeness (QED) is 0.322. The van der Waals surface area contributed by atoms with Crippen LogP contribution in [0, 0.1) is 0 Å². The van der Waals surface area contributed by atoms with Crippen LogP contribution in [0.3, 0.4) is 0 Å². The van der Waals surface area contributed by atoms with Crippen LogP contribution < -0.4 is 10.1 Å².